The van der Waals surface area contributed by atoms with Gasteiger partial charge < -0.3 is 14.6 Å². The highest BCUT2D eigenvalue weighted by Crippen LogP contribution is 2.36. The van der Waals surface area contributed by atoms with Crippen molar-refractivity contribution >= 4 is 0 Å². The van der Waals surface area contributed by atoms with Crippen LogP contribution in [0.2, 0.25) is 0 Å². The largest absolute Gasteiger partial charge is 0.366 e. The van der Waals surface area contributed by atoms with Crippen LogP contribution < -0.4 is 5.32 Å². The second-order valence-electron chi connectivity index (χ2n) is 5.68. The normalized spacial score (nSPS) is 32.4. The van der Waals surface area contributed by atoms with E-state index in [1.54, 1.807) is 0 Å². The molecular formula is C14H23N3O2. The summed E-state index contributed by atoms with van der Waals surface area (Å²) in [7, 11) is 0. The van der Waals surface area contributed by atoms with Crippen molar-refractivity contribution in [3.63, 3.8) is 0 Å². The molecule has 1 aliphatic carbocycles. The molecule has 2 aliphatic rings. The highest BCUT2D eigenvalue weighted by atomic mass is 16.5. The molecule has 19 heavy (non-hydrogen) atoms. The number of morpholine rings is 1. The summed E-state index contributed by atoms with van der Waals surface area (Å²) in [5.74, 6) is 2.91. The van der Waals surface area contributed by atoms with Crippen LogP contribution in [0.4, 0.5) is 0 Å². The van der Waals surface area contributed by atoms with Gasteiger partial charge in [-0.1, -0.05) is 18.5 Å². The van der Waals surface area contributed by atoms with E-state index in [0.717, 1.165) is 24.8 Å². The van der Waals surface area contributed by atoms with E-state index < -0.39 is 0 Å². The second kappa shape index (κ2) is 6.01. The minimum Gasteiger partial charge on any atom is -0.366 e. The number of nitrogens with one attached hydrogen (secondary N) is 1. The fourth-order valence-corrected chi connectivity index (χ4v) is 3.10. The molecule has 0 radical (unpaired) electrons. The van der Waals surface area contributed by atoms with Crippen molar-refractivity contribution < 1.29 is 9.26 Å². The van der Waals surface area contributed by atoms with Crippen LogP contribution in [0.15, 0.2) is 4.52 Å². The Hall–Kier alpha value is -0.940. The Morgan fingerprint density at radius 1 is 1.26 bits per heavy atom. The third kappa shape index (κ3) is 2.98. The van der Waals surface area contributed by atoms with Crippen LogP contribution in [0.3, 0.4) is 0 Å². The van der Waals surface area contributed by atoms with Gasteiger partial charge in [0.1, 0.15) is 6.10 Å². The maximum absolute atomic E-state index is 5.64. The first kappa shape index (κ1) is 13.1. The van der Waals surface area contributed by atoms with Crippen molar-refractivity contribution in [3.05, 3.63) is 11.7 Å². The fourth-order valence-electron chi connectivity index (χ4n) is 3.10. The summed E-state index contributed by atoms with van der Waals surface area (Å²) in [6.07, 6.45) is 6.22. The van der Waals surface area contributed by atoms with Crippen LogP contribution in [0, 0.1) is 5.92 Å². The smallest absolute Gasteiger partial charge is 0.257 e. The van der Waals surface area contributed by atoms with Crippen LogP contribution in [-0.4, -0.2) is 29.8 Å². The van der Waals surface area contributed by atoms with Gasteiger partial charge in [-0.2, -0.15) is 4.98 Å². The van der Waals surface area contributed by atoms with Gasteiger partial charge in [-0.3, -0.25) is 0 Å². The van der Waals surface area contributed by atoms with E-state index in [0.29, 0.717) is 18.4 Å². The molecule has 1 aliphatic heterocycles. The maximum Gasteiger partial charge on any atom is 0.257 e. The van der Waals surface area contributed by atoms with Crippen LogP contribution in [-0.2, 0) is 4.74 Å². The predicted molar refractivity (Wildman–Crippen MR) is 70.9 cm³/mol. The molecule has 1 N–H and O–H groups in total. The predicted octanol–water partition coefficient (Wildman–Crippen LogP) is 2.41. The summed E-state index contributed by atoms with van der Waals surface area (Å²) < 4.78 is 11.0. The SMILES string of the molecule is CCC1CCC(c2noc(C3CNCCO3)n2)CC1. The molecule has 2 heterocycles. The minimum absolute atomic E-state index is 0.0676. The van der Waals surface area contributed by atoms with Gasteiger partial charge in [-0.05, 0) is 31.6 Å². The molecule has 3 rings (SSSR count). The molecule has 1 aromatic rings. The first-order valence-corrected chi connectivity index (χ1v) is 7.52. The quantitative estimate of drug-likeness (QED) is 0.909. The zero-order valence-corrected chi connectivity index (χ0v) is 11.6. The lowest BCUT2D eigenvalue weighted by Crippen LogP contribution is -2.33. The first-order chi connectivity index (χ1) is 9.36. The third-order valence-corrected chi connectivity index (χ3v) is 4.45. The monoisotopic (exact) mass is 265 g/mol. The second-order valence-corrected chi connectivity index (χ2v) is 5.68. The Morgan fingerprint density at radius 2 is 2.11 bits per heavy atom. The first-order valence-electron chi connectivity index (χ1n) is 7.52. The Kier molecular flexibility index (Phi) is 4.13. The van der Waals surface area contributed by atoms with Crippen molar-refractivity contribution in [2.75, 3.05) is 19.7 Å². The molecule has 2 fully saturated rings. The molecule has 1 aromatic heterocycles. The minimum atomic E-state index is -0.0676. The lowest BCUT2D eigenvalue weighted by atomic mass is 9.80. The molecule has 106 valence electrons. The summed E-state index contributed by atoms with van der Waals surface area (Å²) in [5.41, 5.74) is 0. The molecule has 5 nitrogen and oxygen atoms in total. The Morgan fingerprint density at radius 3 is 2.79 bits per heavy atom. The number of nitrogens with zero attached hydrogens (tertiary/aromatic N) is 2. The van der Waals surface area contributed by atoms with E-state index in [1.807, 2.05) is 0 Å². The molecule has 1 saturated carbocycles. The van der Waals surface area contributed by atoms with E-state index in [4.69, 9.17) is 9.26 Å². The zero-order valence-electron chi connectivity index (χ0n) is 11.6. The summed E-state index contributed by atoms with van der Waals surface area (Å²) in [6.45, 7) is 4.66. The van der Waals surface area contributed by atoms with Gasteiger partial charge in [0.05, 0.1) is 6.61 Å². The van der Waals surface area contributed by atoms with Gasteiger partial charge in [0.25, 0.3) is 5.89 Å². The Bertz CT molecular complexity index is 393. The average molecular weight is 265 g/mol. The highest BCUT2D eigenvalue weighted by molar-refractivity contribution is 5.00. The van der Waals surface area contributed by atoms with E-state index >= 15 is 0 Å². The molecule has 0 spiro atoms. The van der Waals surface area contributed by atoms with Gasteiger partial charge in [0.15, 0.2) is 5.82 Å². The Labute approximate surface area is 114 Å². The topological polar surface area (TPSA) is 60.2 Å². The molecule has 5 heteroatoms. The van der Waals surface area contributed by atoms with E-state index in [2.05, 4.69) is 22.4 Å². The Balaban J connectivity index is 1.61. The lowest BCUT2D eigenvalue weighted by Gasteiger charge is -2.25. The van der Waals surface area contributed by atoms with Crippen molar-refractivity contribution in [1.29, 1.82) is 0 Å². The van der Waals surface area contributed by atoms with E-state index in [9.17, 15) is 0 Å². The highest BCUT2D eigenvalue weighted by Gasteiger charge is 2.27. The van der Waals surface area contributed by atoms with Crippen molar-refractivity contribution in [2.45, 2.75) is 51.0 Å². The van der Waals surface area contributed by atoms with E-state index in [-0.39, 0.29) is 6.10 Å². The molecule has 1 unspecified atom stereocenters. The van der Waals surface area contributed by atoms with Crippen LogP contribution in [0.1, 0.15) is 62.8 Å². The molecule has 1 saturated heterocycles. The number of rotatable bonds is 3. The van der Waals surface area contributed by atoms with Crippen LogP contribution in [0.25, 0.3) is 0 Å². The van der Waals surface area contributed by atoms with E-state index in [1.165, 1.54) is 32.1 Å². The summed E-state index contributed by atoms with van der Waals surface area (Å²) >= 11 is 0. The summed E-state index contributed by atoms with van der Waals surface area (Å²) in [6, 6.07) is 0. The number of hydrogen-bond donors (Lipinski definition) is 1. The van der Waals surface area contributed by atoms with Gasteiger partial charge in [-0.25, -0.2) is 0 Å². The van der Waals surface area contributed by atoms with Gasteiger partial charge in [0, 0.05) is 19.0 Å². The number of ether oxygens (including phenoxy) is 1. The maximum atomic E-state index is 5.64. The van der Waals surface area contributed by atoms with Gasteiger partial charge in [-0.15, -0.1) is 0 Å². The molecular weight excluding hydrogens is 242 g/mol. The van der Waals surface area contributed by atoms with Crippen molar-refractivity contribution in [1.82, 2.24) is 15.5 Å². The zero-order chi connectivity index (χ0) is 13.1. The molecule has 0 aromatic carbocycles. The summed E-state index contributed by atoms with van der Waals surface area (Å²) in [5, 5.41) is 7.45. The number of hydrogen-bond acceptors (Lipinski definition) is 5. The van der Waals surface area contributed by atoms with Gasteiger partial charge >= 0.3 is 0 Å². The van der Waals surface area contributed by atoms with Crippen molar-refractivity contribution in [2.24, 2.45) is 5.92 Å². The lowest BCUT2D eigenvalue weighted by molar-refractivity contribution is 0.00755. The molecule has 1 atom stereocenters. The van der Waals surface area contributed by atoms with Crippen molar-refractivity contribution in [3.8, 4) is 0 Å². The molecule has 0 amide bonds. The average Bonchev–Trinajstić information content (AvgIpc) is 2.98. The summed E-state index contributed by atoms with van der Waals surface area (Å²) in [4.78, 5) is 4.57. The fraction of sp³-hybridized carbons (Fsp3) is 0.857. The van der Waals surface area contributed by atoms with Crippen LogP contribution >= 0.6 is 0 Å². The molecule has 0 bridgehead atoms. The number of aromatic nitrogens is 2. The standard InChI is InChI=1S/C14H23N3O2/c1-2-10-3-5-11(6-4-10)13-16-14(19-17-13)12-9-15-7-8-18-12/h10-12,15H,2-9H2,1H3. The van der Waals surface area contributed by atoms with Gasteiger partial charge in [0.2, 0.25) is 0 Å². The third-order valence-electron chi connectivity index (χ3n) is 4.45. The van der Waals surface area contributed by atoms with Crippen LogP contribution in [0.5, 0.6) is 0 Å².